The maximum Gasteiger partial charge on any atom is 0.337 e. The van der Waals surface area contributed by atoms with Gasteiger partial charge in [-0.1, -0.05) is 51.8 Å². The summed E-state index contributed by atoms with van der Waals surface area (Å²) in [4.78, 5) is 11.5. The molecule has 130 valence electrons. The molecule has 2 aromatic rings. The van der Waals surface area contributed by atoms with Crippen LogP contribution >= 0.6 is 29.4 Å². The smallest absolute Gasteiger partial charge is 0.337 e. The second-order valence-electron chi connectivity index (χ2n) is 5.32. The van der Waals surface area contributed by atoms with Gasteiger partial charge < -0.3 is 15.2 Å². The molecule has 0 spiro atoms. The number of carbonyl (C=O) groups excluding carboxylic acids is 1. The predicted molar refractivity (Wildman–Crippen MR) is 104 cm³/mol. The first-order valence-corrected chi connectivity index (χ1v) is 8.12. The van der Waals surface area contributed by atoms with Gasteiger partial charge in [-0.25, -0.2) is 4.79 Å². The topological polar surface area (TPSA) is 58.6 Å². The van der Waals surface area contributed by atoms with Gasteiger partial charge in [-0.05, 0) is 30.2 Å². The first-order chi connectivity index (χ1) is 11.0. The highest BCUT2D eigenvalue weighted by molar-refractivity contribution is 9.10. The number of nitrogens with one attached hydrogen (secondary N) is 1. The third-order valence-electron chi connectivity index (χ3n) is 3.68. The van der Waals surface area contributed by atoms with E-state index in [1.807, 2.05) is 37.3 Å². The number of benzene rings is 2. The fourth-order valence-electron chi connectivity index (χ4n) is 2.26. The van der Waals surface area contributed by atoms with Gasteiger partial charge in [-0.15, -0.1) is 0 Å². The number of ether oxygens (including phenoxy) is 1. The van der Waals surface area contributed by atoms with E-state index in [0.29, 0.717) is 12.1 Å². The summed E-state index contributed by atoms with van der Waals surface area (Å²) in [5.41, 5.74) is 3.73. The molecule has 0 aliphatic rings. The van der Waals surface area contributed by atoms with Crippen LogP contribution in [0.25, 0.3) is 0 Å². The van der Waals surface area contributed by atoms with Crippen LogP contribution < -0.4 is 5.32 Å². The van der Waals surface area contributed by atoms with E-state index in [-0.39, 0.29) is 32.1 Å². The minimum absolute atomic E-state index is 0. The van der Waals surface area contributed by atoms with Crippen molar-refractivity contribution in [2.24, 2.45) is 0 Å². The Bertz CT molecular complexity index is 676. The summed E-state index contributed by atoms with van der Waals surface area (Å²) in [5, 5.41) is 12.9. The zero-order valence-corrected chi connectivity index (χ0v) is 16.3. The molecule has 0 aliphatic heterocycles. The highest BCUT2D eigenvalue weighted by Gasteiger charge is 2.12. The second kappa shape index (κ2) is 9.84. The summed E-state index contributed by atoms with van der Waals surface area (Å²) in [5.74, 6) is -0.363. The molecule has 0 saturated carbocycles. The summed E-state index contributed by atoms with van der Waals surface area (Å²) in [6.45, 7) is 2.62. The molecule has 2 N–H and O–H groups in total. The van der Waals surface area contributed by atoms with Crippen LogP contribution in [-0.2, 0) is 11.3 Å². The van der Waals surface area contributed by atoms with Crippen LogP contribution in [-0.4, -0.2) is 24.8 Å². The van der Waals surface area contributed by atoms with Crippen molar-refractivity contribution in [3.8, 4) is 0 Å². The predicted octanol–water partition coefficient (Wildman–Crippen LogP) is 3.48. The third-order valence-corrected chi connectivity index (χ3v) is 4.41. The lowest BCUT2D eigenvalue weighted by Gasteiger charge is -2.18. The second-order valence-corrected chi connectivity index (χ2v) is 6.18. The number of esters is 1. The Kier molecular flexibility index (Phi) is 8.48. The molecular formula is C18H22BrNO3S. The number of aliphatic hydroxyl groups is 1. The Morgan fingerprint density at radius 1 is 1.25 bits per heavy atom. The highest BCUT2D eigenvalue weighted by Crippen LogP contribution is 2.21. The van der Waals surface area contributed by atoms with Crippen LogP contribution in [0.3, 0.4) is 0 Å². The van der Waals surface area contributed by atoms with E-state index in [2.05, 4.69) is 21.2 Å². The molecule has 24 heavy (non-hydrogen) atoms. The van der Waals surface area contributed by atoms with Gasteiger partial charge in [0.2, 0.25) is 0 Å². The maximum atomic E-state index is 11.5. The number of rotatable bonds is 6. The number of aliphatic hydroxyl groups excluding tert-OH is 1. The Morgan fingerprint density at radius 2 is 1.92 bits per heavy atom. The van der Waals surface area contributed by atoms with Crippen molar-refractivity contribution in [2.45, 2.75) is 19.5 Å². The third kappa shape index (κ3) is 5.34. The molecule has 2 rings (SSSR count). The lowest BCUT2D eigenvalue weighted by Crippen LogP contribution is -2.24. The Balaban J connectivity index is 0.00000288. The average molecular weight is 412 g/mol. The van der Waals surface area contributed by atoms with Gasteiger partial charge in [0.1, 0.15) is 0 Å². The van der Waals surface area contributed by atoms with Crippen LogP contribution in [0.4, 0.5) is 0 Å². The van der Waals surface area contributed by atoms with Crippen molar-refractivity contribution in [2.75, 3.05) is 13.7 Å². The molecule has 0 aliphatic carbocycles. The summed E-state index contributed by atoms with van der Waals surface area (Å²) in [6.07, 6.45) is 0. The quantitative estimate of drug-likeness (QED) is 0.714. The average Bonchev–Trinajstić information content (AvgIpc) is 2.57. The molecular weight excluding hydrogens is 390 g/mol. The number of methoxy groups -OCH3 is 1. The zero-order chi connectivity index (χ0) is 16.8. The fourth-order valence-corrected chi connectivity index (χ4v) is 2.77. The minimum atomic E-state index is -0.363. The van der Waals surface area contributed by atoms with Crippen LogP contribution in [0.2, 0.25) is 0 Å². The molecule has 0 saturated heterocycles. The summed E-state index contributed by atoms with van der Waals surface area (Å²) < 4.78 is 5.53. The van der Waals surface area contributed by atoms with Crippen molar-refractivity contribution in [3.05, 3.63) is 69.2 Å². The van der Waals surface area contributed by atoms with Gasteiger partial charge >= 0.3 is 5.97 Å². The normalized spacial score (nSPS) is 11.5. The maximum absolute atomic E-state index is 11.5. The Labute approximate surface area is 157 Å². The minimum Gasteiger partial charge on any atom is -0.465 e. The van der Waals surface area contributed by atoms with Crippen LogP contribution in [0.1, 0.15) is 33.1 Å². The lowest BCUT2D eigenvalue weighted by atomic mass is 10.1. The molecule has 0 bridgehead atoms. The van der Waals surface area contributed by atoms with E-state index in [0.717, 1.165) is 15.6 Å². The molecule has 0 fully saturated rings. The largest absolute Gasteiger partial charge is 0.465 e. The first-order valence-electron chi connectivity index (χ1n) is 7.32. The van der Waals surface area contributed by atoms with Crippen molar-refractivity contribution >= 4 is 35.4 Å². The number of aryl methyl sites for hydroxylation is 1. The van der Waals surface area contributed by atoms with Crippen molar-refractivity contribution in [1.29, 1.82) is 0 Å². The molecule has 6 heteroatoms. The molecule has 0 radical (unpaired) electrons. The first kappa shape index (κ1) is 20.7. The zero-order valence-electron chi connectivity index (χ0n) is 13.7. The van der Waals surface area contributed by atoms with E-state index in [4.69, 9.17) is 4.74 Å². The molecule has 1 atom stereocenters. The fraction of sp³-hybridized carbons (Fsp3) is 0.278. The summed E-state index contributed by atoms with van der Waals surface area (Å²) >= 11 is 3.47. The van der Waals surface area contributed by atoms with E-state index in [9.17, 15) is 9.90 Å². The standard InChI is InChI=1S/C18H20BrNO3.H2S/c1-12-3-5-13(6-4-12)17(11-21)20-10-15-8-7-14(9-16(15)19)18(22)23-2;/h3-9,17,20-21H,10-11H2,1-2H3;1H2/t17-;/m1./s1. The number of halogens is 1. The van der Waals surface area contributed by atoms with Gasteiger partial charge in [-0.2, -0.15) is 13.5 Å². The number of hydrogen-bond acceptors (Lipinski definition) is 4. The van der Waals surface area contributed by atoms with Crippen molar-refractivity contribution in [3.63, 3.8) is 0 Å². The Morgan fingerprint density at radius 3 is 2.46 bits per heavy atom. The van der Waals surface area contributed by atoms with Crippen LogP contribution in [0.5, 0.6) is 0 Å². The molecule has 0 aromatic heterocycles. The van der Waals surface area contributed by atoms with Crippen LogP contribution in [0.15, 0.2) is 46.9 Å². The van der Waals surface area contributed by atoms with E-state index >= 15 is 0 Å². The van der Waals surface area contributed by atoms with E-state index in [1.165, 1.54) is 12.7 Å². The molecule has 0 amide bonds. The molecule has 4 nitrogen and oxygen atoms in total. The van der Waals surface area contributed by atoms with Crippen LogP contribution in [0, 0.1) is 6.92 Å². The van der Waals surface area contributed by atoms with Gasteiger partial charge in [0.05, 0.1) is 25.3 Å². The van der Waals surface area contributed by atoms with Gasteiger partial charge in [0.15, 0.2) is 0 Å². The van der Waals surface area contributed by atoms with Crippen molar-refractivity contribution in [1.82, 2.24) is 5.32 Å². The monoisotopic (exact) mass is 411 g/mol. The van der Waals surface area contributed by atoms with Gasteiger partial charge in [0, 0.05) is 11.0 Å². The molecule has 0 heterocycles. The van der Waals surface area contributed by atoms with Gasteiger partial charge in [0.25, 0.3) is 0 Å². The lowest BCUT2D eigenvalue weighted by molar-refractivity contribution is 0.0600. The number of hydrogen-bond donors (Lipinski definition) is 2. The SMILES string of the molecule is COC(=O)c1ccc(CN[C@H](CO)c2ccc(C)cc2)c(Br)c1.S. The Hall–Kier alpha value is -1.34. The molecule has 0 unspecified atom stereocenters. The summed E-state index contributed by atoms with van der Waals surface area (Å²) in [6, 6.07) is 13.3. The summed E-state index contributed by atoms with van der Waals surface area (Å²) in [7, 11) is 1.36. The van der Waals surface area contributed by atoms with E-state index in [1.54, 1.807) is 12.1 Å². The van der Waals surface area contributed by atoms with E-state index < -0.39 is 0 Å². The van der Waals surface area contributed by atoms with Crippen molar-refractivity contribution < 1.29 is 14.6 Å². The van der Waals surface area contributed by atoms with Gasteiger partial charge in [-0.3, -0.25) is 0 Å². The molecule has 2 aromatic carbocycles. The number of carbonyl (C=O) groups is 1. The highest BCUT2D eigenvalue weighted by atomic mass is 79.9.